The van der Waals surface area contributed by atoms with Crippen LogP contribution in [0.15, 0.2) is 6.33 Å². The van der Waals surface area contributed by atoms with Gasteiger partial charge in [0.25, 0.3) is 0 Å². The number of nitrogens with zero attached hydrogens (tertiary/aromatic N) is 4. The van der Waals surface area contributed by atoms with Gasteiger partial charge in [-0.15, -0.1) is 11.6 Å². The van der Waals surface area contributed by atoms with E-state index in [4.69, 9.17) is 16.3 Å². The molecular formula is C13H17ClN4O. The quantitative estimate of drug-likeness (QED) is 0.790. The van der Waals surface area contributed by atoms with E-state index in [0.29, 0.717) is 23.2 Å². The summed E-state index contributed by atoms with van der Waals surface area (Å²) in [5, 5.41) is 0. The van der Waals surface area contributed by atoms with Crippen molar-refractivity contribution in [3.63, 3.8) is 0 Å². The molecule has 1 saturated carbocycles. The molecule has 1 unspecified atom stereocenters. The zero-order chi connectivity index (χ0) is 13.4. The van der Waals surface area contributed by atoms with E-state index in [1.165, 1.54) is 19.2 Å². The average Bonchev–Trinajstić information content (AvgIpc) is 3.22. The van der Waals surface area contributed by atoms with Crippen molar-refractivity contribution in [2.45, 2.75) is 32.2 Å². The highest BCUT2D eigenvalue weighted by atomic mass is 35.5. The van der Waals surface area contributed by atoms with Crippen molar-refractivity contribution in [1.29, 1.82) is 0 Å². The van der Waals surface area contributed by atoms with Gasteiger partial charge in [0.05, 0.1) is 13.0 Å². The van der Waals surface area contributed by atoms with Gasteiger partial charge >= 0.3 is 0 Å². The predicted octanol–water partition coefficient (Wildman–Crippen LogP) is 2.62. The molecule has 19 heavy (non-hydrogen) atoms. The zero-order valence-corrected chi connectivity index (χ0v) is 11.9. The normalized spacial score (nSPS) is 16.8. The Morgan fingerprint density at radius 1 is 1.47 bits per heavy atom. The van der Waals surface area contributed by atoms with Crippen molar-refractivity contribution in [3.05, 3.63) is 12.2 Å². The number of rotatable bonds is 5. The lowest BCUT2D eigenvalue weighted by Gasteiger charge is -2.13. The first kappa shape index (κ1) is 12.7. The van der Waals surface area contributed by atoms with Gasteiger partial charge in [-0.25, -0.2) is 9.97 Å². The number of aromatic nitrogens is 4. The minimum absolute atomic E-state index is 0.372. The number of hydrogen-bond acceptors (Lipinski definition) is 4. The van der Waals surface area contributed by atoms with Gasteiger partial charge in [0.2, 0.25) is 5.88 Å². The molecule has 1 atom stereocenters. The second-order valence-electron chi connectivity index (χ2n) is 5.14. The molecule has 3 rings (SSSR count). The van der Waals surface area contributed by atoms with Crippen molar-refractivity contribution < 1.29 is 4.74 Å². The van der Waals surface area contributed by atoms with Crippen molar-refractivity contribution >= 4 is 22.8 Å². The topological polar surface area (TPSA) is 52.8 Å². The third-order valence-electron chi connectivity index (χ3n) is 3.79. The van der Waals surface area contributed by atoms with Gasteiger partial charge in [-0.05, 0) is 24.7 Å². The fourth-order valence-corrected chi connectivity index (χ4v) is 2.71. The van der Waals surface area contributed by atoms with Crippen molar-refractivity contribution in [3.8, 4) is 5.88 Å². The van der Waals surface area contributed by atoms with E-state index in [2.05, 4.69) is 26.4 Å². The van der Waals surface area contributed by atoms with Gasteiger partial charge in [-0.1, -0.05) is 6.92 Å². The fraction of sp³-hybridized carbons (Fsp3) is 0.615. The second-order valence-corrected chi connectivity index (χ2v) is 5.41. The third-order valence-corrected chi connectivity index (χ3v) is 4.03. The van der Waals surface area contributed by atoms with Crippen LogP contribution >= 0.6 is 11.6 Å². The number of hydrogen-bond donors (Lipinski definition) is 0. The molecule has 2 heterocycles. The molecule has 0 spiro atoms. The summed E-state index contributed by atoms with van der Waals surface area (Å²) in [6.45, 7) is 3.18. The molecule has 1 aliphatic carbocycles. The van der Waals surface area contributed by atoms with Crippen LogP contribution in [0.25, 0.3) is 11.2 Å². The molecule has 0 amide bonds. The lowest BCUT2D eigenvalue weighted by molar-refractivity contribution is 0.401. The Morgan fingerprint density at radius 3 is 2.89 bits per heavy atom. The van der Waals surface area contributed by atoms with Gasteiger partial charge in [0.15, 0.2) is 11.2 Å². The molecule has 1 fully saturated rings. The van der Waals surface area contributed by atoms with Crippen LogP contribution in [0.4, 0.5) is 0 Å². The average molecular weight is 281 g/mol. The molecule has 2 aromatic heterocycles. The number of fused-ring (bicyclic) bond motifs is 1. The number of methoxy groups -OCH3 is 1. The molecule has 5 nitrogen and oxygen atoms in total. The van der Waals surface area contributed by atoms with Gasteiger partial charge < -0.3 is 9.30 Å². The largest absolute Gasteiger partial charge is 0.479 e. The summed E-state index contributed by atoms with van der Waals surface area (Å²) >= 11 is 6.01. The molecular weight excluding hydrogens is 264 g/mol. The van der Waals surface area contributed by atoms with E-state index >= 15 is 0 Å². The molecule has 0 aromatic carbocycles. The van der Waals surface area contributed by atoms with Crippen LogP contribution in [-0.4, -0.2) is 26.6 Å². The van der Waals surface area contributed by atoms with E-state index in [9.17, 15) is 0 Å². The molecule has 0 saturated heterocycles. The molecule has 0 aliphatic heterocycles. The molecule has 0 bridgehead atoms. The zero-order valence-electron chi connectivity index (χ0n) is 11.1. The van der Waals surface area contributed by atoms with E-state index in [-0.39, 0.29) is 0 Å². The smallest absolute Gasteiger partial charge is 0.245 e. The summed E-state index contributed by atoms with van der Waals surface area (Å²) in [5.74, 6) is 3.18. The number of alkyl halides is 1. The Morgan fingerprint density at radius 2 is 2.26 bits per heavy atom. The standard InChI is InChI=1S/C13H17ClN4O/c1-8(9-3-4-9)6-18-10(5-14)17-11-12(18)15-7-16-13(11)19-2/h7-9H,3-6H2,1-2H3. The van der Waals surface area contributed by atoms with Crippen LogP contribution in [0, 0.1) is 11.8 Å². The summed E-state index contributed by atoms with van der Waals surface area (Å²) in [4.78, 5) is 12.9. The first-order valence-electron chi connectivity index (χ1n) is 6.54. The predicted molar refractivity (Wildman–Crippen MR) is 73.3 cm³/mol. The molecule has 1 aliphatic rings. The van der Waals surface area contributed by atoms with Crippen LogP contribution in [0.3, 0.4) is 0 Å². The Labute approximate surface area is 117 Å². The molecule has 6 heteroatoms. The Bertz CT molecular complexity index is 594. The number of halogens is 1. The third kappa shape index (κ3) is 2.27. The molecule has 2 aromatic rings. The first-order valence-corrected chi connectivity index (χ1v) is 7.08. The van der Waals surface area contributed by atoms with Gasteiger partial charge in [-0.2, -0.15) is 4.98 Å². The van der Waals surface area contributed by atoms with Gasteiger partial charge in [0.1, 0.15) is 12.2 Å². The lowest BCUT2D eigenvalue weighted by atomic mass is 10.1. The Balaban J connectivity index is 2.05. The van der Waals surface area contributed by atoms with Crippen LogP contribution in [-0.2, 0) is 12.4 Å². The van der Waals surface area contributed by atoms with Gasteiger partial charge in [0, 0.05) is 6.54 Å². The maximum atomic E-state index is 6.01. The van der Waals surface area contributed by atoms with Crippen LogP contribution < -0.4 is 4.74 Å². The first-order chi connectivity index (χ1) is 9.24. The lowest BCUT2D eigenvalue weighted by Crippen LogP contribution is -2.12. The van der Waals surface area contributed by atoms with Crippen molar-refractivity contribution in [2.75, 3.05) is 7.11 Å². The summed E-state index contributed by atoms with van der Waals surface area (Å²) in [5.41, 5.74) is 1.51. The van der Waals surface area contributed by atoms with E-state index in [0.717, 1.165) is 23.9 Å². The minimum Gasteiger partial charge on any atom is -0.479 e. The molecule has 102 valence electrons. The highest BCUT2D eigenvalue weighted by molar-refractivity contribution is 6.16. The van der Waals surface area contributed by atoms with Crippen LogP contribution in [0.5, 0.6) is 5.88 Å². The maximum Gasteiger partial charge on any atom is 0.245 e. The number of ether oxygens (including phenoxy) is 1. The van der Waals surface area contributed by atoms with E-state index in [1.54, 1.807) is 7.11 Å². The van der Waals surface area contributed by atoms with Crippen molar-refractivity contribution in [2.24, 2.45) is 11.8 Å². The molecule has 0 N–H and O–H groups in total. The summed E-state index contributed by atoms with van der Waals surface area (Å²) < 4.78 is 7.34. The number of imidazole rings is 1. The van der Waals surface area contributed by atoms with Crippen molar-refractivity contribution in [1.82, 2.24) is 19.5 Å². The summed E-state index contributed by atoms with van der Waals surface area (Å²) in [6.07, 6.45) is 4.18. The summed E-state index contributed by atoms with van der Waals surface area (Å²) in [7, 11) is 1.59. The van der Waals surface area contributed by atoms with Crippen LogP contribution in [0.1, 0.15) is 25.6 Å². The Kier molecular flexibility index (Phi) is 3.31. The minimum atomic E-state index is 0.372. The Hall–Kier alpha value is -1.36. The van der Waals surface area contributed by atoms with E-state index in [1.807, 2.05) is 0 Å². The summed E-state index contributed by atoms with van der Waals surface area (Å²) in [6, 6.07) is 0. The highest BCUT2D eigenvalue weighted by Crippen LogP contribution is 2.38. The monoisotopic (exact) mass is 280 g/mol. The highest BCUT2D eigenvalue weighted by Gasteiger charge is 2.29. The molecule has 0 radical (unpaired) electrons. The van der Waals surface area contributed by atoms with Crippen LogP contribution in [0.2, 0.25) is 0 Å². The maximum absolute atomic E-state index is 6.01. The van der Waals surface area contributed by atoms with E-state index < -0.39 is 0 Å². The second kappa shape index (κ2) is 4.96. The SMILES string of the molecule is COc1ncnc2c1nc(CCl)n2CC(C)C1CC1. The van der Waals surface area contributed by atoms with Gasteiger partial charge in [-0.3, -0.25) is 0 Å². The fourth-order valence-electron chi connectivity index (χ4n) is 2.51.